The number of aromatic nitrogens is 3. The monoisotopic (exact) mass is 386 g/mol. The molecule has 0 saturated heterocycles. The fraction of sp³-hybridized carbons (Fsp3) is 0.316. The van der Waals surface area contributed by atoms with Crippen LogP contribution in [0.15, 0.2) is 41.9 Å². The lowest BCUT2D eigenvalue weighted by molar-refractivity contribution is -0.115. The van der Waals surface area contributed by atoms with Gasteiger partial charge in [0.25, 0.3) is 0 Å². The number of amides is 1. The normalized spacial score (nSPS) is 15.0. The van der Waals surface area contributed by atoms with Crippen molar-refractivity contribution in [3.63, 3.8) is 0 Å². The van der Waals surface area contributed by atoms with Gasteiger partial charge in [0.2, 0.25) is 5.91 Å². The second kappa shape index (κ2) is 7.21. The van der Waals surface area contributed by atoms with Gasteiger partial charge >= 0.3 is 0 Å². The van der Waals surface area contributed by atoms with Crippen molar-refractivity contribution in [2.75, 3.05) is 5.32 Å². The highest BCUT2D eigenvalue weighted by atomic mass is 35.5. The molecule has 1 atom stereocenters. The molecule has 1 aliphatic rings. The molecule has 1 fully saturated rings. The lowest BCUT2D eigenvalue weighted by Crippen LogP contribution is -2.19. The minimum absolute atomic E-state index is 0.0919. The van der Waals surface area contributed by atoms with E-state index < -0.39 is 0 Å². The Morgan fingerprint density at radius 1 is 1.38 bits per heavy atom. The number of thiazole rings is 1. The topological polar surface area (TPSA) is 59.8 Å². The van der Waals surface area contributed by atoms with Crippen molar-refractivity contribution in [2.45, 2.75) is 32.2 Å². The quantitative estimate of drug-likeness (QED) is 0.661. The van der Waals surface area contributed by atoms with E-state index in [1.807, 2.05) is 40.4 Å². The van der Waals surface area contributed by atoms with Gasteiger partial charge in [0.15, 0.2) is 0 Å². The number of halogens is 1. The van der Waals surface area contributed by atoms with Gasteiger partial charge < -0.3 is 5.32 Å². The van der Waals surface area contributed by atoms with Gasteiger partial charge in [-0.3, -0.25) is 4.79 Å². The Hall–Kier alpha value is -2.18. The molecule has 2 aromatic heterocycles. The summed E-state index contributed by atoms with van der Waals surface area (Å²) in [5.74, 6) is 1.32. The van der Waals surface area contributed by atoms with Crippen LogP contribution in [0.1, 0.15) is 31.5 Å². The van der Waals surface area contributed by atoms with Gasteiger partial charge in [-0.2, -0.15) is 5.10 Å². The number of anilines is 1. The van der Waals surface area contributed by atoms with Crippen molar-refractivity contribution in [1.29, 1.82) is 0 Å². The molecule has 2 heterocycles. The zero-order valence-electron chi connectivity index (χ0n) is 14.4. The third-order valence-corrected chi connectivity index (χ3v) is 5.88. The van der Waals surface area contributed by atoms with Gasteiger partial charge in [-0.15, -0.1) is 11.3 Å². The van der Waals surface area contributed by atoms with Crippen LogP contribution < -0.4 is 5.32 Å². The van der Waals surface area contributed by atoms with Gasteiger partial charge in [-0.25, -0.2) is 9.67 Å². The second-order valence-corrected chi connectivity index (χ2v) is 7.85. The Labute approximate surface area is 161 Å². The lowest BCUT2D eigenvalue weighted by atomic mass is 10.2. The van der Waals surface area contributed by atoms with Crippen LogP contribution in [0.2, 0.25) is 5.02 Å². The molecule has 7 heteroatoms. The average Bonchev–Trinajstić information content (AvgIpc) is 3.22. The van der Waals surface area contributed by atoms with Gasteiger partial charge in [0, 0.05) is 17.0 Å². The van der Waals surface area contributed by atoms with Crippen LogP contribution in [0.3, 0.4) is 0 Å². The first-order chi connectivity index (χ1) is 12.6. The molecule has 134 valence electrons. The van der Waals surface area contributed by atoms with Crippen molar-refractivity contribution in [1.82, 2.24) is 14.8 Å². The number of rotatable bonds is 6. The van der Waals surface area contributed by atoms with Crippen molar-refractivity contribution in [3.8, 4) is 10.6 Å². The molecule has 1 saturated carbocycles. The molecule has 0 spiro atoms. The molecule has 1 amide bonds. The Kier molecular flexibility index (Phi) is 4.78. The maximum absolute atomic E-state index is 12.4. The van der Waals surface area contributed by atoms with Crippen LogP contribution >= 0.6 is 22.9 Å². The first-order valence-electron chi connectivity index (χ1n) is 8.64. The van der Waals surface area contributed by atoms with E-state index in [4.69, 9.17) is 11.6 Å². The summed E-state index contributed by atoms with van der Waals surface area (Å²) in [5.41, 5.74) is 1.63. The number of nitrogens with zero attached hydrogens (tertiary/aromatic N) is 3. The number of carbonyl (C=O) groups is 1. The molecule has 0 bridgehead atoms. The molecule has 0 aliphatic heterocycles. The largest absolute Gasteiger partial charge is 0.311 e. The standard InChI is InChI=1S/C19H19ClN4OS/c1-12(13-6-7-13)24-17(8-9-21-24)23-18(25)10-14-11-26-19(22-14)15-4-2-3-5-16(15)20/h2-5,8-9,11-13H,6-7,10H2,1H3,(H,23,25). The third kappa shape index (κ3) is 3.66. The number of carbonyl (C=O) groups excluding carboxylic acids is 1. The predicted octanol–water partition coefficient (Wildman–Crippen LogP) is 4.81. The fourth-order valence-corrected chi connectivity index (χ4v) is 4.15. The van der Waals surface area contributed by atoms with Gasteiger partial charge in [-0.1, -0.05) is 29.8 Å². The maximum Gasteiger partial charge on any atom is 0.231 e. The maximum atomic E-state index is 12.4. The summed E-state index contributed by atoms with van der Waals surface area (Å²) in [7, 11) is 0. The number of benzene rings is 1. The van der Waals surface area contributed by atoms with Crippen LogP contribution in [-0.2, 0) is 11.2 Å². The van der Waals surface area contributed by atoms with Crippen LogP contribution in [-0.4, -0.2) is 20.7 Å². The summed E-state index contributed by atoms with van der Waals surface area (Å²) in [4.78, 5) is 17.0. The smallest absolute Gasteiger partial charge is 0.231 e. The minimum atomic E-state index is -0.0919. The van der Waals surface area contributed by atoms with Crippen molar-refractivity contribution in [2.24, 2.45) is 5.92 Å². The van der Waals surface area contributed by atoms with E-state index in [-0.39, 0.29) is 12.3 Å². The third-order valence-electron chi connectivity index (χ3n) is 4.63. The first-order valence-corrected chi connectivity index (χ1v) is 9.90. The Balaban J connectivity index is 1.43. The van der Waals surface area contributed by atoms with Crippen LogP contribution in [0.4, 0.5) is 5.82 Å². The van der Waals surface area contributed by atoms with Crippen LogP contribution in [0, 0.1) is 5.92 Å². The highest BCUT2D eigenvalue weighted by Crippen LogP contribution is 2.40. The summed E-state index contributed by atoms with van der Waals surface area (Å²) in [6.45, 7) is 2.15. The van der Waals surface area contributed by atoms with Crippen molar-refractivity contribution in [3.05, 3.63) is 52.6 Å². The van der Waals surface area contributed by atoms with Gasteiger partial charge in [0.05, 0.1) is 29.4 Å². The lowest BCUT2D eigenvalue weighted by Gasteiger charge is -2.15. The van der Waals surface area contributed by atoms with Gasteiger partial charge in [0.1, 0.15) is 10.8 Å². The fourth-order valence-electron chi connectivity index (χ4n) is 3.01. The molecule has 1 N–H and O–H groups in total. The summed E-state index contributed by atoms with van der Waals surface area (Å²) in [6, 6.07) is 9.74. The number of hydrogen-bond acceptors (Lipinski definition) is 4. The molecule has 1 aromatic carbocycles. The van der Waals surface area contributed by atoms with E-state index >= 15 is 0 Å². The molecule has 1 aliphatic carbocycles. The van der Waals surface area contributed by atoms with Crippen LogP contribution in [0.25, 0.3) is 10.6 Å². The molecule has 5 nitrogen and oxygen atoms in total. The molecular weight excluding hydrogens is 368 g/mol. The summed E-state index contributed by atoms with van der Waals surface area (Å²) in [6.07, 6.45) is 4.42. The van der Waals surface area contributed by atoms with Crippen LogP contribution in [0.5, 0.6) is 0 Å². The molecule has 26 heavy (non-hydrogen) atoms. The minimum Gasteiger partial charge on any atom is -0.311 e. The second-order valence-electron chi connectivity index (χ2n) is 6.59. The zero-order chi connectivity index (χ0) is 18.1. The molecule has 3 aromatic rings. The molecule has 0 radical (unpaired) electrons. The number of nitrogens with one attached hydrogen (secondary N) is 1. The van der Waals surface area contributed by atoms with Crippen molar-refractivity contribution >= 4 is 34.7 Å². The number of hydrogen-bond donors (Lipinski definition) is 1. The highest BCUT2D eigenvalue weighted by Gasteiger charge is 2.30. The Morgan fingerprint density at radius 3 is 2.96 bits per heavy atom. The van der Waals surface area contributed by atoms with E-state index in [1.54, 1.807) is 6.20 Å². The molecule has 4 rings (SSSR count). The Morgan fingerprint density at radius 2 is 2.19 bits per heavy atom. The van der Waals surface area contributed by atoms with E-state index in [9.17, 15) is 4.79 Å². The van der Waals surface area contributed by atoms with E-state index in [2.05, 4.69) is 22.3 Å². The average molecular weight is 387 g/mol. The summed E-state index contributed by atoms with van der Waals surface area (Å²) in [5, 5.41) is 10.7. The van der Waals surface area contributed by atoms with E-state index in [0.717, 1.165) is 22.1 Å². The summed E-state index contributed by atoms with van der Waals surface area (Å²) < 4.78 is 1.91. The summed E-state index contributed by atoms with van der Waals surface area (Å²) >= 11 is 7.72. The van der Waals surface area contributed by atoms with Gasteiger partial charge in [-0.05, 0) is 31.7 Å². The first kappa shape index (κ1) is 17.2. The molecule has 1 unspecified atom stereocenters. The van der Waals surface area contributed by atoms with E-state index in [0.29, 0.717) is 17.0 Å². The highest BCUT2D eigenvalue weighted by molar-refractivity contribution is 7.13. The van der Waals surface area contributed by atoms with E-state index in [1.165, 1.54) is 24.2 Å². The Bertz CT molecular complexity index is 931. The predicted molar refractivity (Wildman–Crippen MR) is 105 cm³/mol. The van der Waals surface area contributed by atoms with Crippen molar-refractivity contribution < 1.29 is 4.79 Å². The SMILES string of the molecule is CC(C1CC1)n1nccc1NC(=O)Cc1csc(-c2ccccc2Cl)n1. The molecular formula is C19H19ClN4OS. The zero-order valence-corrected chi connectivity index (χ0v) is 15.9.